The summed E-state index contributed by atoms with van der Waals surface area (Å²) in [6.07, 6.45) is 3.98. The molecule has 0 radical (unpaired) electrons. The predicted molar refractivity (Wildman–Crippen MR) is 131 cm³/mol. The number of aromatic nitrogens is 2. The zero-order valence-corrected chi connectivity index (χ0v) is 20.2. The number of nitrogens with zero attached hydrogens (tertiary/aromatic N) is 3. The predicted octanol–water partition coefficient (Wildman–Crippen LogP) is 4.82. The molecule has 0 aliphatic rings. The quantitative estimate of drug-likeness (QED) is 0.378. The molecule has 0 N–H and O–H groups in total. The zero-order chi connectivity index (χ0) is 24.2. The molecule has 2 aromatic carbocycles. The summed E-state index contributed by atoms with van der Waals surface area (Å²) in [5, 5.41) is 0. The lowest BCUT2D eigenvalue weighted by Crippen LogP contribution is -2.26. The highest BCUT2D eigenvalue weighted by Gasteiger charge is 2.16. The number of pyridine rings is 1. The maximum atomic E-state index is 13.1. The van der Waals surface area contributed by atoms with Crippen LogP contribution in [0.25, 0.3) is 5.65 Å². The van der Waals surface area contributed by atoms with Crippen molar-refractivity contribution >= 4 is 11.6 Å². The van der Waals surface area contributed by atoms with Crippen LogP contribution in [0.15, 0.2) is 60.9 Å². The Morgan fingerprint density at radius 2 is 1.76 bits per heavy atom. The Hall–Kier alpha value is -4.00. The van der Waals surface area contributed by atoms with E-state index in [1.54, 1.807) is 38.3 Å². The van der Waals surface area contributed by atoms with Crippen molar-refractivity contribution in [1.29, 1.82) is 0 Å². The number of hydrogen-bond donors (Lipinski definition) is 0. The molecule has 7 nitrogen and oxygen atoms in total. The summed E-state index contributed by atoms with van der Waals surface area (Å²) in [5.74, 6) is 1.84. The molecule has 4 rings (SSSR count). The van der Waals surface area contributed by atoms with Crippen LogP contribution in [0.1, 0.15) is 32.7 Å². The highest BCUT2D eigenvalue weighted by atomic mass is 16.5. The Balaban J connectivity index is 1.44. The van der Waals surface area contributed by atoms with Gasteiger partial charge in [0.2, 0.25) is 0 Å². The molecule has 0 bridgehead atoms. The number of fused-ring (bicyclic) bond motifs is 1. The van der Waals surface area contributed by atoms with E-state index in [9.17, 15) is 4.79 Å². The lowest BCUT2D eigenvalue weighted by atomic mass is 10.1. The fourth-order valence-electron chi connectivity index (χ4n) is 3.84. The number of amides is 1. The summed E-state index contributed by atoms with van der Waals surface area (Å²) in [4.78, 5) is 19.4. The number of aryl methyl sites for hydroxylation is 2. The van der Waals surface area contributed by atoms with Gasteiger partial charge in [-0.2, -0.15) is 0 Å². The average molecular weight is 460 g/mol. The summed E-state index contributed by atoms with van der Waals surface area (Å²) in [7, 11) is 4.99. The van der Waals surface area contributed by atoms with Crippen LogP contribution in [0.3, 0.4) is 0 Å². The van der Waals surface area contributed by atoms with Crippen LogP contribution < -0.4 is 14.2 Å². The van der Waals surface area contributed by atoms with E-state index in [4.69, 9.17) is 14.2 Å². The first-order valence-electron chi connectivity index (χ1n) is 11.0. The zero-order valence-electron chi connectivity index (χ0n) is 20.2. The molecular formula is C27H29N3O4. The number of hydrogen-bond acceptors (Lipinski definition) is 5. The van der Waals surface area contributed by atoms with Crippen molar-refractivity contribution in [2.45, 2.75) is 27.0 Å². The number of carbonyl (C=O) groups excluding carboxylic acids is 1. The first-order chi connectivity index (χ1) is 16.4. The van der Waals surface area contributed by atoms with Gasteiger partial charge in [0, 0.05) is 31.5 Å². The molecule has 176 valence electrons. The summed E-state index contributed by atoms with van der Waals surface area (Å²) in [5.41, 5.74) is 5.43. The lowest BCUT2D eigenvalue weighted by Gasteiger charge is -2.20. The first-order valence-corrected chi connectivity index (χ1v) is 11.0. The number of ether oxygens (including phenoxy) is 3. The second-order valence-electron chi connectivity index (χ2n) is 8.32. The van der Waals surface area contributed by atoms with Gasteiger partial charge in [0.1, 0.15) is 18.0 Å². The van der Waals surface area contributed by atoms with Gasteiger partial charge in [-0.1, -0.05) is 12.1 Å². The molecule has 0 aliphatic heterocycles. The van der Waals surface area contributed by atoms with Gasteiger partial charge in [0.25, 0.3) is 5.91 Å². The van der Waals surface area contributed by atoms with Crippen LogP contribution >= 0.6 is 0 Å². The Morgan fingerprint density at radius 1 is 1.00 bits per heavy atom. The number of imidazole rings is 1. The Morgan fingerprint density at radius 3 is 2.53 bits per heavy atom. The topological polar surface area (TPSA) is 65.3 Å². The molecule has 0 fully saturated rings. The minimum atomic E-state index is -0.0946. The van der Waals surface area contributed by atoms with Gasteiger partial charge in [0.05, 0.1) is 19.9 Å². The molecule has 1 amide bonds. The third-order valence-corrected chi connectivity index (χ3v) is 5.71. The molecule has 34 heavy (non-hydrogen) atoms. The van der Waals surface area contributed by atoms with Crippen LogP contribution in [0.4, 0.5) is 0 Å². The molecule has 4 aromatic rings. The van der Waals surface area contributed by atoms with Crippen molar-refractivity contribution in [3.05, 3.63) is 88.9 Å². The van der Waals surface area contributed by atoms with Crippen molar-refractivity contribution in [3.63, 3.8) is 0 Å². The highest BCUT2D eigenvalue weighted by Crippen LogP contribution is 2.31. The van der Waals surface area contributed by atoms with Gasteiger partial charge in [-0.25, -0.2) is 4.98 Å². The minimum absolute atomic E-state index is 0.0946. The van der Waals surface area contributed by atoms with Crippen LogP contribution in [0, 0.1) is 13.8 Å². The molecule has 0 atom stereocenters. The molecule has 0 aliphatic carbocycles. The monoisotopic (exact) mass is 459 g/mol. The fourth-order valence-corrected chi connectivity index (χ4v) is 3.84. The highest BCUT2D eigenvalue weighted by molar-refractivity contribution is 5.94. The van der Waals surface area contributed by atoms with E-state index in [0.29, 0.717) is 36.0 Å². The SMILES string of the molecule is COc1cc(C)c(CN(C)C(=O)c2cccc(OCc3cn4cc(C)ccc4n3)c2)cc1OC. The molecule has 0 unspecified atom stereocenters. The van der Waals surface area contributed by atoms with Gasteiger partial charge >= 0.3 is 0 Å². The molecule has 7 heteroatoms. The van der Waals surface area contributed by atoms with Crippen molar-refractivity contribution in [2.75, 3.05) is 21.3 Å². The van der Waals surface area contributed by atoms with E-state index < -0.39 is 0 Å². The normalized spacial score (nSPS) is 10.9. The van der Waals surface area contributed by atoms with Crippen LogP contribution in [0.2, 0.25) is 0 Å². The van der Waals surface area contributed by atoms with E-state index in [1.807, 2.05) is 67.0 Å². The maximum Gasteiger partial charge on any atom is 0.254 e. The summed E-state index contributed by atoms with van der Waals surface area (Å²) < 4.78 is 18.7. The van der Waals surface area contributed by atoms with E-state index in [-0.39, 0.29) is 5.91 Å². The van der Waals surface area contributed by atoms with Gasteiger partial charge in [-0.3, -0.25) is 4.79 Å². The third-order valence-electron chi connectivity index (χ3n) is 5.71. The molecule has 2 heterocycles. The Kier molecular flexibility index (Phi) is 6.72. The van der Waals surface area contributed by atoms with Gasteiger partial charge in [-0.15, -0.1) is 0 Å². The van der Waals surface area contributed by atoms with Crippen LogP contribution in [-0.4, -0.2) is 41.5 Å². The second-order valence-corrected chi connectivity index (χ2v) is 8.32. The summed E-state index contributed by atoms with van der Waals surface area (Å²) in [6.45, 7) is 4.79. The number of rotatable bonds is 8. The molecule has 0 spiro atoms. The maximum absolute atomic E-state index is 13.1. The second kappa shape index (κ2) is 9.87. The van der Waals surface area contributed by atoms with E-state index >= 15 is 0 Å². The molecular weight excluding hydrogens is 430 g/mol. The van der Waals surface area contributed by atoms with E-state index in [1.165, 1.54) is 0 Å². The van der Waals surface area contributed by atoms with E-state index in [2.05, 4.69) is 4.98 Å². The average Bonchev–Trinajstić information content (AvgIpc) is 3.25. The van der Waals surface area contributed by atoms with Gasteiger partial charge in [-0.05, 0) is 66.9 Å². The summed E-state index contributed by atoms with van der Waals surface area (Å²) >= 11 is 0. The lowest BCUT2D eigenvalue weighted by molar-refractivity contribution is 0.0784. The van der Waals surface area contributed by atoms with Crippen LogP contribution in [-0.2, 0) is 13.2 Å². The van der Waals surface area contributed by atoms with Crippen molar-refractivity contribution in [1.82, 2.24) is 14.3 Å². The van der Waals surface area contributed by atoms with Crippen molar-refractivity contribution in [2.24, 2.45) is 0 Å². The smallest absolute Gasteiger partial charge is 0.254 e. The molecule has 0 saturated heterocycles. The van der Waals surface area contributed by atoms with Gasteiger partial charge in [0.15, 0.2) is 11.5 Å². The summed E-state index contributed by atoms with van der Waals surface area (Å²) in [6, 6.07) is 15.1. The molecule has 2 aromatic heterocycles. The Bertz CT molecular complexity index is 1330. The standard InChI is InChI=1S/C27H29N3O4/c1-18-9-10-26-28-22(16-30(26)14-18)17-34-23-8-6-7-20(12-23)27(31)29(3)15-21-13-25(33-5)24(32-4)11-19(21)2/h6-14,16H,15,17H2,1-5H3. The largest absolute Gasteiger partial charge is 0.493 e. The number of methoxy groups -OCH3 is 2. The fraction of sp³-hybridized carbons (Fsp3) is 0.259. The van der Waals surface area contributed by atoms with Gasteiger partial charge < -0.3 is 23.5 Å². The third kappa shape index (κ3) is 4.98. The number of benzene rings is 2. The molecule has 0 saturated carbocycles. The first kappa shape index (κ1) is 23.2. The Labute approximate surface area is 199 Å². The van der Waals surface area contributed by atoms with E-state index in [0.717, 1.165) is 28.0 Å². The minimum Gasteiger partial charge on any atom is -0.493 e. The van der Waals surface area contributed by atoms with Crippen LogP contribution in [0.5, 0.6) is 17.2 Å². The number of carbonyl (C=O) groups is 1. The van der Waals surface area contributed by atoms with Crippen molar-refractivity contribution in [3.8, 4) is 17.2 Å². The van der Waals surface area contributed by atoms with Crippen molar-refractivity contribution < 1.29 is 19.0 Å².